The number of methoxy groups -OCH3 is 1. The first kappa shape index (κ1) is 13.3. The van der Waals surface area contributed by atoms with E-state index in [0.29, 0.717) is 12.1 Å². The molecule has 100 valence electrons. The highest BCUT2D eigenvalue weighted by molar-refractivity contribution is 5.46. The van der Waals surface area contributed by atoms with Gasteiger partial charge >= 0.3 is 0 Å². The quantitative estimate of drug-likeness (QED) is 0.558. The van der Waals surface area contributed by atoms with Gasteiger partial charge in [0.1, 0.15) is 5.75 Å². The van der Waals surface area contributed by atoms with Crippen LogP contribution in [0.5, 0.6) is 5.75 Å². The molecule has 19 heavy (non-hydrogen) atoms. The van der Waals surface area contributed by atoms with E-state index in [2.05, 4.69) is 10.4 Å². The van der Waals surface area contributed by atoms with Gasteiger partial charge in [0.15, 0.2) is 0 Å². The molecule has 1 aromatic heterocycles. The number of hydrogen-bond donors (Lipinski definition) is 3. The molecule has 5 nitrogen and oxygen atoms in total. The van der Waals surface area contributed by atoms with Gasteiger partial charge in [0.2, 0.25) is 0 Å². The SMILES string of the molecule is COc1ccccc1C(Cc1cnccc1N)NN. The molecule has 0 radical (unpaired) electrons. The number of aromatic nitrogens is 1. The third kappa shape index (κ3) is 3.01. The standard InChI is InChI=1S/C14H18N4O/c1-19-14-5-3-2-4-11(14)13(18-16)8-10-9-17-7-6-12(10)15/h2-7,9,13,18H,8,16H2,1H3,(H2,15,17). The number of pyridine rings is 1. The van der Waals surface area contributed by atoms with Crippen LogP contribution in [0.3, 0.4) is 0 Å². The van der Waals surface area contributed by atoms with Crippen LogP contribution in [0.1, 0.15) is 17.2 Å². The van der Waals surface area contributed by atoms with Crippen molar-refractivity contribution in [3.8, 4) is 5.75 Å². The lowest BCUT2D eigenvalue weighted by molar-refractivity contribution is 0.399. The molecule has 5 N–H and O–H groups in total. The third-order valence-corrected chi connectivity index (χ3v) is 3.08. The van der Waals surface area contributed by atoms with Gasteiger partial charge in [-0.3, -0.25) is 16.3 Å². The highest BCUT2D eigenvalue weighted by Crippen LogP contribution is 2.27. The zero-order chi connectivity index (χ0) is 13.7. The molecule has 2 aromatic rings. The van der Waals surface area contributed by atoms with E-state index in [1.165, 1.54) is 0 Å². The monoisotopic (exact) mass is 258 g/mol. The number of para-hydroxylation sites is 1. The number of benzene rings is 1. The number of ether oxygens (including phenoxy) is 1. The predicted octanol–water partition coefficient (Wildman–Crippen LogP) is 1.42. The molecule has 1 aromatic carbocycles. The first-order chi connectivity index (χ1) is 9.26. The maximum Gasteiger partial charge on any atom is 0.123 e. The number of hydrogen-bond acceptors (Lipinski definition) is 5. The van der Waals surface area contributed by atoms with Crippen LogP contribution in [0, 0.1) is 0 Å². The highest BCUT2D eigenvalue weighted by Gasteiger charge is 2.16. The minimum atomic E-state index is -0.0809. The minimum Gasteiger partial charge on any atom is -0.496 e. The minimum absolute atomic E-state index is 0.0809. The first-order valence-corrected chi connectivity index (χ1v) is 6.03. The fourth-order valence-corrected chi connectivity index (χ4v) is 2.04. The molecule has 0 bridgehead atoms. The van der Waals surface area contributed by atoms with E-state index in [0.717, 1.165) is 16.9 Å². The molecule has 0 aliphatic carbocycles. The van der Waals surface area contributed by atoms with E-state index >= 15 is 0 Å². The summed E-state index contributed by atoms with van der Waals surface area (Å²) in [7, 11) is 1.64. The maximum atomic E-state index is 5.93. The van der Waals surface area contributed by atoms with E-state index in [-0.39, 0.29) is 6.04 Å². The average molecular weight is 258 g/mol. The van der Waals surface area contributed by atoms with E-state index in [1.54, 1.807) is 25.6 Å². The van der Waals surface area contributed by atoms with E-state index in [9.17, 15) is 0 Å². The van der Waals surface area contributed by atoms with Crippen LogP contribution >= 0.6 is 0 Å². The van der Waals surface area contributed by atoms with Crippen molar-refractivity contribution in [1.82, 2.24) is 10.4 Å². The molecule has 0 saturated heterocycles. The van der Waals surface area contributed by atoms with Crippen LogP contribution in [0.2, 0.25) is 0 Å². The van der Waals surface area contributed by atoms with Gasteiger partial charge < -0.3 is 10.5 Å². The Hall–Kier alpha value is -2.11. The summed E-state index contributed by atoms with van der Waals surface area (Å²) >= 11 is 0. The number of nitrogens with two attached hydrogens (primary N) is 2. The van der Waals surface area contributed by atoms with Gasteiger partial charge in [-0.2, -0.15) is 0 Å². The van der Waals surface area contributed by atoms with Crippen LogP contribution in [-0.2, 0) is 6.42 Å². The molecular weight excluding hydrogens is 240 g/mol. The Morgan fingerprint density at radius 3 is 2.79 bits per heavy atom. The van der Waals surface area contributed by atoms with Gasteiger partial charge in [-0.1, -0.05) is 18.2 Å². The van der Waals surface area contributed by atoms with Crippen molar-refractivity contribution in [3.05, 3.63) is 53.9 Å². The van der Waals surface area contributed by atoms with Crippen molar-refractivity contribution in [1.29, 1.82) is 0 Å². The second-order valence-corrected chi connectivity index (χ2v) is 4.24. The molecule has 0 saturated carbocycles. The van der Waals surface area contributed by atoms with Crippen molar-refractivity contribution in [2.24, 2.45) is 5.84 Å². The van der Waals surface area contributed by atoms with Crippen LogP contribution < -0.4 is 21.7 Å². The smallest absolute Gasteiger partial charge is 0.123 e. The Kier molecular flexibility index (Phi) is 4.33. The second kappa shape index (κ2) is 6.17. The summed E-state index contributed by atoms with van der Waals surface area (Å²) in [6.45, 7) is 0. The van der Waals surface area contributed by atoms with Gasteiger partial charge in [-0.25, -0.2) is 0 Å². The summed E-state index contributed by atoms with van der Waals surface area (Å²) in [6, 6.07) is 9.47. The summed E-state index contributed by atoms with van der Waals surface area (Å²) in [4.78, 5) is 4.09. The van der Waals surface area contributed by atoms with E-state index < -0.39 is 0 Å². The Morgan fingerprint density at radius 1 is 1.32 bits per heavy atom. The van der Waals surface area contributed by atoms with Gasteiger partial charge in [0, 0.05) is 23.6 Å². The molecule has 0 aliphatic rings. The number of anilines is 1. The molecule has 0 spiro atoms. The first-order valence-electron chi connectivity index (χ1n) is 6.03. The lowest BCUT2D eigenvalue weighted by Crippen LogP contribution is -2.30. The summed E-state index contributed by atoms with van der Waals surface area (Å²) in [5, 5.41) is 0. The molecule has 2 rings (SSSR count). The van der Waals surface area contributed by atoms with Crippen LogP contribution in [0.25, 0.3) is 0 Å². The zero-order valence-electron chi connectivity index (χ0n) is 10.8. The molecule has 1 atom stereocenters. The van der Waals surface area contributed by atoms with Crippen molar-refractivity contribution in [3.63, 3.8) is 0 Å². The van der Waals surface area contributed by atoms with E-state index in [4.69, 9.17) is 16.3 Å². The highest BCUT2D eigenvalue weighted by atomic mass is 16.5. The maximum absolute atomic E-state index is 5.93. The number of hydrazine groups is 1. The third-order valence-electron chi connectivity index (χ3n) is 3.08. The summed E-state index contributed by atoms with van der Waals surface area (Å²) in [5.74, 6) is 6.46. The molecule has 0 amide bonds. The number of nitrogen functional groups attached to an aromatic ring is 1. The molecule has 1 heterocycles. The lowest BCUT2D eigenvalue weighted by atomic mass is 9.99. The predicted molar refractivity (Wildman–Crippen MR) is 75.4 cm³/mol. The van der Waals surface area contributed by atoms with E-state index in [1.807, 2.05) is 24.3 Å². The Balaban J connectivity index is 2.28. The summed E-state index contributed by atoms with van der Waals surface area (Å²) < 4.78 is 5.35. The van der Waals surface area contributed by atoms with Gasteiger partial charge in [-0.15, -0.1) is 0 Å². The van der Waals surface area contributed by atoms with Crippen molar-refractivity contribution >= 4 is 5.69 Å². The number of nitrogens with one attached hydrogen (secondary N) is 1. The topological polar surface area (TPSA) is 86.2 Å². The molecule has 0 fully saturated rings. The fourth-order valence-electron chi connectivity index (χ4n) is 2.04. The Morgan fingerprint density at radius 2 is 2.11 bits per heavy atom. The van der Waals surface area contributed by atoms with Crippen LogP contribution in [0.15, 0.2) is 42.7 Å². The van der Waals surface area contributed by atoms with Crippen LogP contribution in [-0.4, -0.2) is 12.1 Å². The average Bonchev–Trinajstić information content (AvgIpc) is 2.46. The van der Waals surface area contributed by atoms with Crippen molar-refractivity contribution in [2.75, 3.05) is 12.8 Å². The lowest BCUT2D eigenvalue weighted by Gasteiger charge is -2.19. The van der Waals surface area contributed by atoms with Gasteiger partial charge in [0.05, 0.1) is 13.2 Å². The molecule has 5 heteroatoms. The molecular formula is C14H18N4O. The van der Waals surface area contributed by atoms with Gasteiger partial charge in [-0.05, 0) is 24.1 Å². The molecule has 1 unspecified atom stereocenters. The summed E-state index contributed by atoms with van der Waals surface area (Å²) in [5.41, 5.74) is 11.4. The van der Waals surface area contributed by atoms with Crippen LogP contribution in [0.4, 0.5) is 5.69 Å². The normalized spacial score (nSPS) is 12.1. The largest absolute Gasteiger partial charge is 0.496 e. The molecule has 0 aliphatic heterocycles. The Bertz CT molecular complexity index is 544. The number of nitrogens with zero attached hydrogens (tertiary/aromatic N) is 1. The zero-order valence-corrected chi connectivity index (χ0v) is 10.8. The van der Waals surface area contributed by atoms with Crippen molar-refractivity contribution < 1.29 is 4.74 Å². The summed E-state index contributed by atoms with van der Waals surface area (Å²) in [6.07, 6.45) is 4.08. The Labute approximate surface area is 112 Å². The second-order valence-electron chi connectivity index (χ2n) is 4.24. The fraction of sp³-hybridized carbons (Fsp3) is 0.214. The number of rotatable bonds is 5. The van der Waals surface area contributed by atoms with Gasteiger partial charge in [0.25, 0.3) is 0 Å². The van der Waals surface area contributed by atoms with Crippen molar-refractivity contribution in [2.45, 2.75) is 12.5 Å².